The predicted octanol–water partition coefficient (Wildman–Crippen LogP) is 2.91. The Bertz CT molecular complexity index is 918. The fourth-order valence-corrected chi connectivity index (χ4v) is 3.30. The van der Waals surface area contributed by atoms with Gasteiger partial charge < -0.3 is 14.8 Å². The number of anilines is 1. The lowest BCUT2D eigenvalue weighted by molar-refractivity contribution is -0.116. The molecule has 0 aliphatic carbocycles. The molecule has 1 amide bonds. The monoisotopic (exact) mass is 414 g/mol. The minimum absolute atomic E-state index is 0.0872. The van der Waals surface area contributed by atoms with Gasteiger partial charge in [0.25, 0.3) is 0 Å². The van der Waals surface area contributed by atoms with Crippen LogP contribution in [-0.4, -0.2) is 34.6 Å². The molecule has 0 radical (unpaired) electrons. The van der Waals surface area contributed by atoms with E-state index in [4.69, 9.17) is 4.74 Å². The van der Waals surface area contributed by atoms with Crippen LogP contribution in [0.1, 0.15) is 12.0 Å². The zero-order chi connectivity index (χ0) is 20.7. The topological polar surface area (TPSA) is 93.7 Å². The number of halogens is 2. The Hall–Kier alpha value is -2.72. The Kier molecular flexibility index (Phi) is 7.30. The van der Waals surface area contributed by atoms with E-state index >= 15 is 0 Å². The summed E-state index contributed by atoms with van der Waals surface area (Å²) in [6, 6.07) is 10.3. The Morgan fingerprint density at radius 3 is 2.39 bits per heavy atom. The summed E-state index contributed by atoms with van der Waals surface area (Å²) in [7, 11) is -2.43. The molecule has 2 aromatic rings. The maximum Gasteiger partial charge on any atom is 0.387 e. The molecule has 2 aromatic carbocycles. The normalized spacial score (nSPS) is 11.3. The van der Waals surface area contributed by atoms with Crippen molar-refractivity contribution in [2.24, 2.45) is 0 Å². The smallest absolute Gasteiger partial charge is 0.387 e. The first kappa shape index (κ1) is 21.6. The minimum Gasteiger partial charge on any atom is -0.493 e. The van der Waals surface area contributed by atoms with Gasteiger partial charge in [-0.05, 0) is 31.2 Å². The van der Waals surface area contributed by atoms with Crippen molar-refractivity contribution < 1.29 is 31.5 Å². The van der Waals surface area contributed by atoms with Gasteiger partial charge in [-0.25, -0.2) is 13.1 Å². The maximum absolute atomic E-state index is 12.4. The van der Waals surface area contributed by atoms with Gasteiger partial charge in [0.05, 0.1) is 12.0 Å². The van der Waals surface area contributed by atoms with Crippen LogP contribution in [-0.2, 0) is 14.8 Å². The van der Waals surface area contributed by atoms with E-state index in [9.17, 15) is 22.0 Å². The first-order valence-electron chi connectivity index (χ1n) is 8.20. The Labute approximate surface area is 161 Å². The molecule has 0 bridgehead atoms. The highest BCUT2D eigenvalue weighted by Crippen LogP contribution is 2.31. The number of rotatable bonds is 9. The Balaban J connectivity index is 1.92. The number of methoxy groups -OCH3 is 1. The molecule has 0 atom stereocenters. The van der Waals surface area contributed by atoms with Gasteiger partial charge in [0.1, 0.15) is 0 Å². The lowest BCUT2D eigenvalue weighted by Crippen LogP contribution is -2.27. The van der Waals surface area contributed by atoms with Crippen molar-refractivity contribution in [1.82, 2.24) is 4.72 Å². The summed E-state index contributed by atoms with van der Waals surface area (Å²) < 4.78 is 60.8. The number of ether oxygens (including phenoxy) is 2. The van der Waals surface area contributed by atoms with Crippen molar-refractivity contribution in [2.45, 2.75) is 24.9 Å². The predicted molar refractivity (Wildman–Crippen MR) is 99.2 cm³/mol. The molecule has 0 aliphatic rings. The van der Waals surface area contributed by atoms with E-state index in [0.29, 0.717) is 0 Å². The molecule has 7 nitrogen and oxygen atoms in total. The lowest BCUT2D eigenvalue weighted by atomic mass is 10.2. The molecular formula is C18H20F2N2O5S. The van der Waals surface area contributed by atoms with Gasteiger partial charge in [-0.3, -0.25) is 4.79 Å². The molecule has 0 unspecified atom stereocenters. The van der Waals surface area contributed by atoms with Crippen molar-refractivity contribution in [3.63, 3.8) is 0 Å². The molecule has 0 spiro atoms. The summed E-state index contributed by atoms with van der Waals surface area (Å²) in [5, 5.41) is 2.49. The van der Waals surface area contributed by atoms with E-state index in [1.165, 1.54) is 37.4 Å². The van der Waals surface area contributed by atoms with Crippen LogP contribution in [0.2, 0.25) is 0 Å². The highest BCUT2D eigenvalue weighted by molar-refractivity contribution is 7.89. The summed E-state index contributed by atoms with van der Waals surface area (Å²) in [5.41, 5.74) is 1.14. The average Bonchev–Trinajstić information content (AvgIpc) is 2.61. The van der Waals surface area contributed by atoms with Crippen LogP contribution in [0.15, 0.2) is 47.4 Å². The molecule has 2 rings (SSSR count). The highest BCUT2D eigenvalue weighted by Gasteiger charge is 2.15. The van der Waals surface area contributed by atoms with E-state index in [1.807, 2.05) is 6.92 Å². The number of hydrogen-bond acceptors (Lipinski definition) is 5. The third-order valence-electron chi connectivity index (χ3n) is 3.64. The molecule has 0 aliphatic heterocycles. The third kappa shape index (κ3) is 6.17. The van der Waals surface area contributed by atoms with Crippen LogP contribution in [0, 0.1) is 6.92 Å². The summed E-state index contributed by atoms with van der Waals surface area (Å²) >= 11 is 0. The van der Waals surface area contributed by atoms with E-state index in [0.717, 1.165) is 5.56 Å². The van der Waals surface area contributed by atoms with Crippen molar-refractivity contribution in [3.05, 3.63) is 48.0 Å². The number of benzene rings is 2. The SMILES string of the molecule is COc1ccc(NC(=O)CCNS(=O)(=O)c2ccc(C)cc2)cc1OC(F)F. The fourth-order valence-electron chi connectivity index (χ4n) is 2.27. The number of amides is 1. The molecule has 0 fully saturated rings. The molecule has 0 saturated heterocycles. The minimum atomic E-state index is -3.72. The van der Waals surface area contributed by atoms with E-state index in [-0.39, 0.29) is 35.0 Å². The van der Waals surface area contributed by atoms with Crippen molar-refractivity contribution in [3.8, 4) is 11.5 Å². The number of aryl methyl sites for hydroxylation is 1. The van der Waals surface area contributed by atoms with E-state index in [2.05, 4.69) is 14.8 Å². The molecular weight excluding hydrogens is 394 g/mol. The van der Waals surface area contributed by atoms with Gasteiger partial charge in [0.15, 0.2) is 11.5 Å². The zero-order valence-electron chi connectivity index (χ0n) is 15.2. The first-order valence-corrected chi connectivity index (χ1v) is 9.68. The van der Waals surface area contributed by atoms with Crippen LogP contribution >= 0.6 is 0 Å². The van der Waals surface area contributed by atoms with E-state index < -0.39 is 22.5 Å². The summed E-state index contributed by atoms with van der Waals surface area (Å²) in [6.45, 7) is -1.33. The van der Waals surface area contributed by atoms with E-state index in [1.54, 1.807) is 12.1 Å². The Morgan fingerprint density at radius 2 is 1.79 bits per heavy atom. The van der Waals surface area contributed by atoms with Gasteiger partial charge >= 0.3 is 6.61 Å². The number of carbonyl (C=O) groups is 1. The second-order valence-electron chi connectivity index (χ2n) is 5.75. The number of alkyl halides is 2. The van der Waals surface area contributed by atoms with Gasteiger partial charge in [-0.15, -0.1) is 0 Å². The van der Waals surface area contributed by atoms with Gasteiger partial charge in [-0.1, -0.05) is 17.7 Å². The fraction of sp³-hybridized carbons (Fsp3) is 0.278. The van der Waals surface area contributed by atoms with Crippen LogP contribution in [0.4, 0.5) is 14.5 Å². The van der Waals surface area contributed by atoms with Crippen LogP contribution in [0.25, 0.3) is 0 Å². The average molecular weight is 414 g/mol. The standard InChI is InChI=1S/C18H20F2N2O5S/c1-12-3-6-14(7-4-12)28(24,25)21-10-9-17(23)22-13-5-8-15(26-2)16(11-13)27-18(19)20/h3-8,11,18,21H,9-10H2,1-2H3,(H,22,23). The van der Waals surface area contributed by atoms with Crippen LogP contribution in [0.3, 0.4) is 0 Å². The molecule has 0 aromatic heterocycles. The highest BCUT2D eigenvalue weighted by atomic mass is 32.2. The van der Waals surface area contributed by atoms with Crippen LogP contribution in [0.5, 0.6) is 11.5 Å². The molecule has 2 N–H and O–H groups in total. The second kappa shape index (κ2) is 9.47. The van der Waals surface area contributed by atoms with Crippen molar-refractivity contribution >= 4 is 21.6 Å². The van der Waals surface area contributed by atoms with Crippen molar-refractivity contribution in [2.75, 3.05) is 19.0 Å². The maximum atomic E-state index is 12.4. The molecule has 152 valence electrons. The third-order valence-corrected chi connectivity index (χ3v) is 5.12. The number of hydrogen-bond donors (Lipinski definition) is 2. The Morgan fingerprint density at radius 1 is 1.11 bits per heavy atom. The molecule has 0 heterocycles. The van der Waals surface area contributed by atoms with Gasteiger partial charge in [0, 0.05) is 24.7 Å². The van der Waals surface area contributed by atoms with Gasteiger partial charge in [-0.2, -0.15) is 8.78 Å². The first-order chi connectivity index (χ1) is 13.2. The zero-order valence-corrected chi connectivity index (χ0v) is 16.1. The van der Waals surface area contributed by atoms with Crippen molar-refractivity contribution in [1.29, 1.82) is 0 Å². The summed E-state index contributed by atoms with van der Waals surface area (Å²) in [4.78, 5) is 12.1. The van der Waals surface area contributed by atoms with Gasteiger partial charge in [0.2, 0.25) is 15.9 Å². The summed E-state index contributed by atoms with van der Waals surface area (Å²) in [5.74, 6) is -0.640. The largest absolute Gasteiger partial charge is 0.493 e. The number of nitrogens with one attached hydrogen (secondary N) is 2. The molecule has 28 heavy (non-hydrogen) atoms. The summed E-state index contributed by atoms with van der Waals surface area (Å²) in [6.07, 6.45) is -0.151. The second-order valence-corrected chi connectivity index (χ2v) is 7.52. The number of sulfonamides is 1. The van der Waals surface area contributed by atoms with Crippen LogP contribution < -0.4 is 19.5 Å². The number of carbonyl (C=O) groups excluding carboxylic acids is 1. The lowest BCUT2D eigenvalue weighted by Gasteiger charge is -2.12. The quantitative estimate of drug-likeness (QED) is 0.658. The molecule has 10 heteroatoms. The molecule has 0 saturated carbocycles.